The highest BCUT2D eigenvalue weighted by atomic mass is 16.2. The molecular formula is C13H25N3O2. The van der Waals surface area contributed by atoms with Gasteiger partial charge in [0, 0.05) is 26.7 Å². The number of hydrogen-bond donors (Lipinski definition) is 1. The lowest BCUT2D eigenvalue weighted by Crippen LogP contribution is -2.47. The quantitative estimate of drug-likeness (QED) is 0.826. The molecule has 1 fully saturated rings. The number of amides is 3. The van der Waals surface area contributed by atoms with Crippen LogP contribution in [0.15, 0.2) is 0 Å². The SMILES string of the molecule is CCCN(CC(=O)NC)C(=O)N1CCCCCC1. The zero-order chi connectivity index (χ0) is 13.4. The third-order valence-corrected chi connectivity index (χ3v) is 3.25. The molecule has 0 radical (unpaired) electrons. The molecule has 3 amide bonds. The summed E-state index contributed by atoms with van der Waals surface area (Å²) < 4.78 is 0. The van der Waals surface area contributed by atoms with Crippen molar-refractivity contribution >= 4 is 11.9 Å². The van der Waals surface area contributed by atoms with E-state index in [1.54, 1.807) is 11.9 Å². The summed E-state index contributed by atoms with van der Waals surface area (Å²) in [6, 6.07) is 0.0161. The van der Waals surface area contributed by atoms with Crippen LogP contribution in [0.5, 0.6) is 0 Å². The average molecular weight is 255 g/mol. The van der Waals surface area contributed by atoms with Gasteiger partial charge < -0.3 is 15.1 Å². The first-order chi connectivity index (χ1) is 8.69. The highest BCUT2D eigenvalue weighted by Gasteiger charge is 2.22. The Bertz CT molecular complexity index is 273. The maximum Gasteiger partial charge on any atom is 0.320 e. The molecule has 1 N–H and O–H groups in total. The van der Waals surface area contributed by atoms with Gasteiger partial charge in [-0.15, -0.1) is 0 Å². The van der Waals surface area contributed by atoms with Gasteiger partial charge in [0.05, 0.1) is 0 Å². The van der Waals surface area contributed by atoms with Gasteiger partial charge in [-0.2, -0.15) is 0 Å². The van der Waals surface area contributed by atoms with Crippen LogP contribution in [-0.4, -0.2) is 55.0 Å². The molecule has 1 aliphatic rings. The molecule has 0 unspecified atom stereocenters. The van der Waals surface area contributed by atoms with Crippen LogP contribution in [0.2, 0.25) is 0 Å². The van der Waals surface area contributed by atoms with E-state index in [0.717, 1.165) is 32.4 Å². The molecule has 0 saturated carbocycles. The molecule has 0 aromatic heterocycles. The second-order valence-electron chi connectivity index (χ2n) is 4.78. The fraction of sp³-hybridized carbons (Fsp3) is 0.846. The van der Waals surface area contributed by atoms with Crippen LogP contribution in [0.25, 0.3) is 0 Å². The molecular weight excluding hydrogens is 230 g/mol. The summed E-state index contributed by atoms with van der Waals surface area (Å²) in [6.45, 7) is 4.48. The Kier molecular flexibility index (Phi) is 6.54. The summed E-state index contributed by atoms with van der Waals surface area (Å²) in [5.41, 5.74) is 0. The largest absolute Gasteiger partial charge is 0.358 e. The lowest BCUT2D eigenvalue weighted by Gasteiger charge is -2.29. The highest BCUT2D eigenvalue weighted by Crippen LogP contribution is 2.12. The molecule has 0 aliphatic carbocycles. The molecule has 1 heterocycles. The number of likely N-dealkylation sites (tertiary alicyclic amines) is 1. The van der Waals surface area contributed by atoms with Gasteiger partial charge in [-0.05, 0) is 19.3 Å². The number of rotatable bonds is 4. The Balaban J connectivity index is 2.58. The molecule has 0 atom stereocenters. The third-order valence-electron chi connectivity index (χ3n) is 3.25. The first kappa shape index (κ1) is 14.8. The zero-order valence-electron chi connectivity index (χ0n) is 11.6. The summed E-state index contributed by atoms with van der Waals surface area (Å²) in [5, 5.41) is 2.57. The van der Waals surface area contributed by atoms with Crippen LogP contribution in [-0.2, 0) is 4.79 Å². The number of nitrogens with zero attached hydrogens (tertiary/aromatic N) is 2. The average Bonchev–Trinajstić information content (AvgIpc) is 2.66. The maximum atomic E-state index is 12.4. The first-order valence-electron chi connectivity index (χ1n) is 6.93. The van der Waals surface area contributed by atoms with E-state index < -0.39 is 0 Å². The topological polar surface area (TPSA) is 52.7 Å². The van der Waals surface area contributed by atoms with Gasteiger partial charge in [0.25, 0.3) is 0 Å². The predicted octanol–water partition coefficient (Wildman–Crippen LogP) is 1.44. The van der Waals surface area contributed by atoms with Gasteiger partial charge >= 0.3 is 6.03 Å². The first-order valence-corrected chi connectivity index (χ1v) is 6.93. The molecule has 0 bridgehead atoms. The second-order valence-corrected chi connectivity index (χ2v) is 4.78. The Morgan fingerprint density at radius 2 is 1.78 bits per heavy atom. The molecule has 1 rings (SSSR count). The lowest BCUT2D eigenvalue weighted by molar-refractivity contribution is -0.121. The van der Waals surface area contributed by atoms with Crippen LogP contribution in [0, 0.1) is 0 Å². The van der Waals surface area contributed by atoms with Gasteiger partial charge in [0.1, 0.15) is 6.54 Å². The van der Waals surface area contributed by atoms with E-state index in [9.17, 15) is 9.59 Å². The van der Waals surface area contributed by atoms with Gasteiger partial charge in [-0.25, -0.2) is 4.79 Å². The summed E-state index contributed by atoms with van der Waals surface area (Å²) in [5.74, 6) is -0.105. The van der Waals surface area contributed by atoms with Crippen molar-refractivity contribution in [2.24, 2.45) is 0 Å². The molecule has 18 heavy (non-hydrogen) atoms. The predicted molar refractivity (Wildman–Crippen MR) is 71.4 cm³/mol. The maximum absolute atomic E-state index is 12.4. The highest BCUT2D eigenvalue weighted by molar-refractivity contribution is 5.83. The number of carbonyl (C=O) groups excluding carboxylic acids is 2. The van der Waals surface area contributed by atoms with Crippen molar-refractivity contribution in [2.75, 3.05) is 33.2 Å². The fourth-order valence-electron chi connectivity index (χ4n) is 2.23. The second kappa shape index (κ2) is 7.95. The van der Waals surface area contributed by atoms with Crippen molar-refractivity contribution < 1.29 is 9.59 Å². The van der Waals surface area contributed by atoms with Gasteiger partial charge in [0.15, 0.2) is 0 Å². The Morgan fingerprint density at radius 3 is 2.28 bits per heavy atom. The minimum atomic E-state index is -0.105. The summed E-state index contributed by atoms with van der Waals surface area (Å²) >= 11 is 0. The van der Waals surface area contributed by atoms with E-state index in [2.05, 4.69) is 5.32 Å². The normalized spacial score (nSPS) is 16.0. The van der Waals surface area contributed by atoms with Crippen molar-refractivity contribution in [3.63, 3.8) is 0 Å². The number of likely N-dealkylation sites (N-methyl/N-ethyl adjacent to an activating group) is 1. The number of carbonyl (C=O) groups is 2. The van der Waals surface area contributed by atoms with Crippen molar-refractivity contribution in [1.29, 1.82) is 0 Å². The summed E-state index contributed by atoms with van der Waals surface area (Å²) in [7, 11) is 1.60. The standard InChI is InChI=1S/C13H25N3O2/c1-3-8-16(11-12(17)14-2)13(18)15-9-6-4-5-7-10-15/h3-11H2,1-2H3,(H,14,17). The van der Waals surface area contributed by atoms with Crippen molar-refractivity contribution in [1.82, 2.24) is 15.1 Å². The Morgan fingerprint density at radius 1 is 1.17 bits per heavy atom. The van der Waals surface area contributed by atoms with E-state index >= 15 is 0 Å². The van der Waals surface area contributed by atoms with Crippen LogP contribution in [0.3, 0.4) is 0 Å². The van der Waals surface area contributed by atoms with E-state index in [1.165, 1.54) is 12.8 Å². The summed E-state index contributed by atoms with van der Waals surface area (Å²) in [4.78, 5) is 27.3. The lowest BCUT2D eigenvalue weighted by atomic mass is 10.2. The van der Waals surface area contributed by atoms with E-state index in [1.807, 2.05) is 11.8 Å². The zero-order valence-corrected chi connectivity index (χ0v) is 11.6. The Labute approximate surface area is 110 Å². The van der Waals surface area contributed by atoms with Crippen molar-refractivity contribution in [3.8, 4) is 0 Å². The molecule has 5 heteroatoms. The van der Waals surface area contributed by atoms with Crippen LogP contribution in [0.1, 0.15) is 39.0 Å². The smallest absolute Gasteiger partial charge is 0.320 e. The van der Waals surface area contributed by atoms with E-state index in [0.29, 0.717) is 6.54 Å². The molecule has 0 aromatic carbocycles. The Hall–Kier alpha value is -1.26. The van der Waals surface area contributed by atoms with E-state index in [-0.39, 0.29) is 18.5 Å². The van der Waals surface area contributed by atoms with E-state index in [4.69, 9.17) is 0 Å². The van der Waals surface area contributed by atoms with Gasteiger partial charge in [-0.3, -0.25) is 4.79 Å². The summed E-state index contributed by atoms with van der Waals surface area (Å²) in [6.07, 6.45) is 5.42. The number of nitrogens with one attached hydrogen (secondary N) is 1. The molecule has 1 aliphatic heterocycles. The van der Waals surface area contributed by atoms with Crippen LogP contribution in [0.4, 0.5) is 4.79 Å². The number of hydrogen-bond acceptors (Lipinski definition) is 2. The molecule has 5 nitrogen and oxygen atoms in total. The van der Waals surface area contributed by atoms with Crippen LogP contribution < -0.4 is 5.32 Å². The monoisotopic (exact) mass is 255 g/mol. The van der Waals surface area contributed by atoms with Gasteiger partial charge in [-0.1, -0.05) is 19.8 Å². The molecule has 0 aromatic rings. The molecule has 0 spiro atoms. The minimum Gasteiger partial charge on any atom is -0.358 e. The molecule has 1 saturated heterocycles. The van der Waals surface area contributed by atoms with Gasteiger partial charge in [0.2, 0.25) is 5.91 Å². The minimum absolute atomic E-state index is 0.0161. The van der Waals surface area contributed by atoms with Crippen molar-refractivity contribution in [2.45, 2.75) is 39.0 Å². The number of urea groups is 1. The van der Waals surface area contributed by atoms with Crippen molar-refractivity contribution in [3.05, 3.63) is 0 Å². The third kappa shape index (κ3) is 4.55. The van der Waals surface area contributed by atoms with Crippen LogP contribution >= 0.6 is 0 Å². The molecule has 104 valence electrons. The fourth-order valence-corrected chi connectivity index (χ4v) is 2.23.